The number of anilines is 2. The van der Waals surface area contributed by atoms with Crippen molar-refractivity contribution in [3.63, 3.8) is 0 Å². The van der Waals surface area contributed by atoms with Crippen LogP contribution in [0.5, 0.6) is 5.75 Å². The molecule has 0 radical (unpaired) electrons. The van der Waals surface area contributed by atoms with E-state index in [1.54, 1.807) is 6.08 Å². The Morgan fingerprint density at radius 1 is 1.19 bits per heavy atom. The Balaban J connectivity index is 1.41. The molecule has 6 heteroatoms. The van der Waals surface area contributed by atoms with Crippen LogP contribution in [0.1, 0.15) is 43.2 Å². The number of carbonyl (C=O) groups is 2. The molecule has 2 heterocycles. The van der Waals surface area contributed by atoms with E-state index in [4.69, 9.17) is 4.74 Å². The van der Waals surface area contributed by atoms with E-state index < -0.39 is 5.41 Å². The van der Waals surface area contributed by atoms with Crippen molar-refractivity contribution >= 4 is 29.3 Å². The highest BCUT2D eigenvalue weighted by atomic mass is 16.5. The van der Waals surface area contributed by atoms with Crippen molar-refractivity contribution in [2.75, 3.05) is 30.8 Å². The van der Waals surface area contributed by atoms with E-state index in [1.807, 2.05) is 42.5 Å². The van der Waals surface area contributed by atoms with Crippen LogP contribution in [-0.4, -0.2) is 43.0 Å². The lowest BCUT2D eigenvalue weighted by Gasteiger charge is -2.36. The topological polar surface area (TPSA) is 70.7 Å². The molecule has 1 spiro atoms. The number of carbonyl (C=O) groups excluding carboxylic acids is 2. The summed E-state index contributed by atoms with van der Waals surface area (Å²) in [6, 6.07) is 13.5. The first-order valence-electron chi connectivity index (χ1n) is 11.4. The second-order valence-electron chi connectivity index (χ2n) is 9.14. The van der Waals surface area contributed by atoms with Crippen LogP contribution >= 0.6 is 0 Å². The summed E-state index contributed by atoms with van der Waals surface area (Å²) in [6.07, 6.45) is 8.03. The van der Waals surface area contributed by atoms with Gasteiger partial charge in [-0.1, -0.05) is 36.8 Å². The molecule has 2 aliphatic heterocycles. The Labute approximate surface area is 188 Å². The molecule has 2 amide bonds. The van der Waals surface area contributed by atoms with E-state index in [2.05, 4.69) is 22.6 Å². The van der Waals surface area contributed by atoms with Gasteiger partial charge in [-0.05, 0) is 56.0 Å². The van der Waals surface area contributed by atoms with Crippen LogP contribution in [0, 0.1) is 0 Å². The Morgan fingerprint density at radius 2 is 1.94 bits per heavy atom. The van der Waals surface area contributed by atoms with Gasteiger partial charge in [-0.15, -0.1) is 0 Å². The molecule has 1 saturated heterocycles. The van der Waals surface area contributed by atoms with Gasteiger partial charge in [0.1, 0.15) is 11.9 Å². The Kier molecular flexibility index (Phi) is 5.47. The van der Waals surface area contributed by atoms with Crippen LogP contribution in [0.15, 0.2) is 48.5 Å². The normalized spacial score (nSPS) is 20.1. The van der Waals surface area contributed by atoms with Gasteiger partial charge in [0.2, 0.25) is 11.8 Å². The monoisotopic (exact) mass is 431 g/mol. The highest BCUT2D eigenvalue weighted by Crippen LogP contribution is 2.54. The van der Waals surface area contributed by atoms with Crippen molar-refractivity contribution in [1.82, 2.24) is 4.90 Å². The molecule has 2 fully saturated rings. The van der Waals surface area contributed by atoms with Gasteiger partial charge in [0.25, 0.3) is 0 Å². The van der Waals surface area contributed by atoms with Crippen molar-refractivity contribution in [3.05, 3.63) is 59.7 Å². The summed E-state index contributed by atoms with van der Waals surface area (Å²) in [7, 11) is 2.12. The number of nitrogens with zero attached hydrogens (tertiary/aromatic N) is 1. The molecule has 0 atom stereocenters. The Hall–Kier alpha value is -3.12. The van der Waals surface area contributed by atoms with Crippen LogP contribution < -0.4 is 15.4 Å². The predicted octanol–water partition coefficient (Wildman–Crippen LogP) is 4.19. The number of likely N-dealkylation sites (tertiary alicyclic amines) is 1. The van der Waals surface area contributed by atoms with E-state index in [0.717, 1.165) is 62.0 Å². The standard InChI is InChI=1S/C26H29N3O3/c1-29-14-10-20(11-15-29)32-22-17-19(27-23(30)9-8-18-6-3-2-4-7-18)16-21-24(22)28-25(31)26(21)12-5-13-26/h2-4,6-9,16-17,20H,5,10-15H2,1H3,(H,27,30)(H,28,31). The van der Waals surface area contributed by atoms with Gasteiger partial charge in [0.15, 0.2) is 0 Å². The van der Waals surface area contributed by atoms with Crippen LogP contribution in [0.4, 0.5) is 11.4 Å². The summed E-state index contributed by atoms with van der Waals surface area (Å²) in [5.74, 6) is 0.509. The first-order chi connectivity index (χ1) is 15.5. The number of rotatable bonds is 5. The van der Waals surface area contributed by atoms with Crippen molar-refractivity contribution in [2.45, 2.75) is 43.6 Å². The minimum absolute atomic E-state index is 0.0550. The fraction of sp³-hybridized carbons (Fsp3) is 0.385. The molecule has 32 heavy (non-hydrogen) atoms. The molecular formula is C26H29N3O3. The molecule has 166 valence electrons. The quantitative estimate of drug-likeness (QED) is 0.697. The zero-order valence-electron chi connectivity index (χ0n) is 18.4. The minimum atomic E-state index is -0.471. The van der Waals surface area contributed by atoms with Crippen LogP contribution in [0.3, 0.4) is 0 Å². The predicted molar refractivity (Wildman–Crippen MR) is 126 cm³/mol. The molecule has 0 aromatic heterocycles. The second-order valence-corrected chi connectivity index (χ2v) is 9.14. The third-order valence-corrected chi connectivity index (χ3v) is 6.95. The maximum absolute atomic E-state index is 12.8. The third-order valence-electron chi connectivity index (χ3n) is 6.95. The number of hydrogen-bond donors (Lipinski definition) is 2. The summed E-state index contributed by atoms with van der Waals surface area (Å²) >= 11 is 0. The fourth-order valence-corrected chi connectivity index (χ4v) is 4.87. The summed E-state index contributed by atoms with van der Waals surface area (Å²) in [5, 5.41) is 6.06. The molecule has 6 nitrogen and oxygen atoms in total. The zero-order valence-corrected chi connectivity index (χ0v) is 18.4. The maximum Gasteiger partial charge on any atom is 0.248 e. The number of ether oxygens (including phenoxy) is 1. The molecule has 1 aliphatic carbocycles. The highest BCUT2D eigenvalue weighted by molar-refractivity contribution is 6.09. The highest BCUT2D eigenvalue weighted by Gasteiger charge is 2.52. The molecule has 0 unspecified atom stereocenters. The van der Waals surface area contributed by atoms with Gasteiger partial charge in [-0.25, -0.2) is 0 Å². The van der Waals surface area contributed by atoms with Crippen molar-refractivity contribution in [3.8, 4) is 5.75 Å². The van der Waals surface area contributed by atoms with Gasteiger partial charge in [0.05, 0.1) is 11.1 Å². The number of hydrogen-bond acceptors (Lipinski definition) is 4. The summed E-state index contributed by atoms with van der Waals surface area (Å²) < 4.78 is 6.40. The zero-order chi connectivity index (χ0) is 22.1. The number of amides is 2. The molecule has 5 rings (SSSR count). The summed E-state index contributed by atoms with van der Waals surface area (Å²) in [6.45, 7) is 1.98. The molecule has 2 aromatic carbocycles. The third kappa shape index (κ3) is 3.91. The van der Waals surface area contributed by atoms with Gasteiger partial charge in [-0.2, -0.15) is 0 Å². The minimum Gasteiger partial charge on any atom is -0.488 e. The smallest absolute Gasteiger partial charge is 0.248 e. The number of piperidine rings is 1. The lowest BCUT2D eigenvalue weighted by Crippen LogP contribution is -2.40. The first-order valence-corrected chi connectivity index (χ1v) is 11.4. The summed E-state index contributed by atoms with van der Waals surface area (Å²) in [5.41, 5.74) is 2.90. The van der Waals surface area contributed by atoms with Gasteiger partial charge in [0, 0.05) is 30.9 Å². The van der Waals surface area contributed by atoms with Crippen LogP contribution in [-0.2, 0) is 15.0 Å². The van der Waals surface area contributed by atoms with E-state index >= 15 is 0 Å². The Bertz CT molecular complexity index is 1050. The number of benzene rings is 2. The maximum atomic E-state index is 12.8. The van der Waals surface area contributed by atoms with Crippen molar-refractivity contribution in [2.24, 2.45) is 0 Å². The van der Waals surface area contributed by atoms with Crippen molar-refractivity contribution < 1.29 is 14.3 Å². The van der Waals surface area contributed by atoms with Gasteiger partial charge >= 0.3 is 0 Å². The fourth-order valence-electron chi connectivity index (χ4n) is 4.87. The molecule has 1 saturated carbocycles. The van der Waals surface area contributed by atoms with Gasteiger partial charge in [-0.3, -0.25) is 9.59 Å². The molecule has 2 aromatic rings. The lowest BCUT2D eigenvalue weighted by atomic mass is 9.65. The SMILES string of the molecule is CN1CCC(Oc2cc(NC(=O)C=Cc3ccccc3)cc3c2NC(=O)C32CCC2)CC1. The number of nitrogens with one attached hydrogen (secondary N) is 2. The average molecular weight is 432 g/mol. The molecule has 3 aliphatic rings. The Morgan fingerprint density at radius 3 is 2.62 bits per heavy atom. The molecule has 2 N–H and O–H groups in total. The largest absolute Gasteiger partial charge is 0.488 e. The van der Waals surface area contributed by atoms with Crippen LogP contribution in [0.2, 0.25) is 0 Å². The van der Waals surface area contributed by atoms with E-state index in [1.165, 1.54) is 6.08 Å². The van der Waals surface area contributed by atoms with E-state index in [-0.39, 0.29) is 17.9 Å². The summed E-state index contributed by atoms with van der Waals surface area (Å²) in [4.78, 5) is 27.7. The average Bonchev–Trinajstić information content (AvgIpc) is 3.07. The first kappa shape index (κ1) is 20.8. The molecule has 0 bridgehead atoms. The van der Waals surface area contributed by atoms with E-state index in [0.29, 0.717) is 11.4 Å². The van der Waals surface area contributed by atoms with E-state index in [9.17, 15) is 9.59 Å². The second kappa shape index (κ2) is 8.43. The van der Waals surface area contributed by atoms with Gasteiger partial charge < -0.3 is 20.3 Å². The van der Waals surface area contributed by atoms with Crippen molar-refractivity contribution in [1.29, 1.82) is 0 Å². The molecular weight excluding hydrogens is 402 g/mol. The lowest BCUT2D eigenvalue weighted by molar-refractivity contribution is -0.123. The van der Waals surface area contributed by atoms with Crippen LogP contribution in [0.25, 0.3) is 6.08 Å². The number of fused-ring (bicyclic) bond motifs is 2.